The minimum absolute atomic E-state index is 0. The number of fused-ring (bicyclic) bond motifs is 2. The molecule has 1 heterocycles. The number of non-ortho nitro benzene ring substituents is 1. The van der Waals surface area contributed by atoms with Crippen molar-refractivity contribution in [2.75, 3.05) is 0 Å². The lowest BCUT2D eigenvalue weighted by Gasteiger charge is -2.26. The highest BCUT2D eigenvalue weighted by atomic mass is 35.5. The lowest BCUT2D eigenvalue weighted by molar-refractivity contribution is -0.384. The largest absolute Gasteiger partial charge is 0.344 e. The molecule has 0 spiro atoms. The first-order chi connectivity index (χ1) is 11.6. The fraction of sp³-hybridized carbons (Fsp3) is 0.421. The summed E-state index contributed by atoms with van der Waals surface area (Å²) < 4.78 is 2.41. The van der Waals surface area contributed by atoms with Crippen LogP contribution in [0.3, 0.4) is 0 Å². The number of hydrogen-bond donors (Lipinski definition) is 1. The molecule has 2 aliphatic carbocycles. The number of nitro benzene ring substituents is 1. The Labute approximate surface area is 152 Å². The molecule has 0 fully saturated rings. The maximum Gasteiger partial charge on any atom is 0.269 e. The van der Waals surface area contributed by atoms with Crippen molar-refractivity contribution in [3.8, 4) is 0 Å². The molecule has 2 aliphatic rings. The Morgan fingerprint density at radius 3 is 2.16 bits per heavy atom. The third-order valence-electron chi connectivity index (χ3n) is 5.37. The third kappa shape index (κ3) is 3.09. The molecule has 0 amide bonds. The fourth-order valence-electron chi connectivity index (χ4n) is 4.19. The van der Waals surface area contributed by atoms with Gasteiger partial charge in [-0.1, -0.05) is 12.1 Å². The predicted octanol–water partition coefficient (Wildman–Crippen LogP) is 3.71. The van der Waals surface area contributed by atoms with Gasteiger partial charge in [0, 0.05) is 30.1 Å². The Bertz CT molecular complexity index is 872. The summed E-state index contributed by atoms with van der Waals surface area (Å²) in [5.74, 6) is 0. The molecule has 0 radical (unpaired) electrons. The van der Waals surface area contributed by atoms with E-state index in [0.717, 1.165) is 49.6 Å². The van der Waals surface area contributed by atoms with Crippen LogP contribution in [0.1, 0.15) is 47.3 Å². The van der Waals surface area contributed by atoms with Crippen molar-refractivity contribution >= 4 is 18.1 Å². The zero-order valence-electron chi connectivity index (χ0n) is 14.1. The molecular weight excluding hydrogens is 338 g/mol. The second-order valence-electron chi connectivity index (χ2n) is 6.80. The van der Waals surface area contributed by atoms with Crippen LogP contribution in [0.15, 0.2) is 24.3 Å². The fourth-order valence-corrected chi connectivity index (χ4v) is 4.19. The summed E-state index contributed by atoms with van der Waals surface area (Å²) in [6.45, 7) is 0.753. The topological polar surface area (TPSA) is 71.9 Å². The summed E-state index contributed by atoms with van der Waals surface area (Å²) in [4.78, 5) is 10.5. The van der Waals surface area contributed by atoms with E-state index < -0.39 is 0 Å². The van der Waals surface area contributed by atoms with Crippen LogP contribution in [-0.4, -0.2) is 9.49 Å². The van der Waals surface area contributed by atoms with Crippen LogP contribution in [0, 0.1) is 15.5 Å². The van der Waals surface area contributed by atoms with E-state index in [1.807, 2.05) is 12.1 Å². The molecule has 1 aromatic carbocycles. The summed E-state index contributed by atoms with van der Waals surface area (Å²) >= 11 is 0. The maximum absolute atomic E-state index is 10.8. The zero-order valence-corrected chi connectivity index (χ0v) is 14.9. The number of nitrogens with zero attached hydrogens (tertiary/aromatic N) is 2. The number of rotatable bonds is 3. The Hall–Kier alpha value is -2.14. The Morgan fingerprint density at radius 1 is 0.960 bits per heavy atom. The number of halogens is 1. The first-order valence-corrected chi connectivity index (χ1v) is 8.69. The van der Waals surface area contributed by atoms with Gasteiger partial charge >= 0.3 is 0 Å². The van der Waals surface area contributed by atoms with Gasteiger partial charge in [0.15, 0.2) is 0 Å². The number of hydrogen-bond acceptors (Lipinski definition) is 3. The lowest BCUT2D eigenvalue weighted by Crippen LogP contribution is -2.27. The highest BCUT2D eigenvalue weighted by Crippen LogP contribution is 2.28. The molecule has 132 valence electrons. The van der Waals surface area contributed by atoms with Crippen molar-refractivity contribution in [2.24, 2.45) is 0 Å². The first-order valence-electron chi connectivity index (χ1n) is 8.69. The van der Waals surface area contributed by atoms with Crippen molar-refractivity contribution in [1.82, 2.24) is 4.57 Å². The minimum Gasteiger partial charge on any atom is -0.344 e. The van der Waals surface area contributed by atoms with E-state index in [-0.39, 0.29) is 23.0 Å². The highest BCUT2D eigenvalue weighted by Gasteiger charge is 2.24. The average molecular weight is 360 g/mol. The molecule has 0 atom stereocenters. The SMILES string of the molecule is Cl.N=c1c2c(n(Cc3ccc([N+](=O)[O-])cc3)c3c1CCC3)CCCC2. The lowest BCUT2D eigenvalue weighted by atomic mass is 9.92. The van der Waals surface area contributed by atoms with Crippen LogP contribution in [0.2, 0.25) is 0 Å². The van der Waals surface area contributed by atoms with Gasteiger partial charge in [0.1, 0.15) is 0 Å². The monoisotopic (exact) mass is 359 g/mol. The zero-order chi connectivity index (χ0) is 16.7. The Morgan fingerprint density at radius 2 is 1.52 bits per heavy atom. The molecule has 0 aliphatic heterocycles. The molecule has 5 nitrogen and oxygen atoms in total. The molecule has 2 aromatic rings. The molecule has 25 heavy (non-hydrogen) atoms. The van der Waals surface area contributed by atoms with Gasteiger partial charge in [-0.3, -0.25) is 10.1 Å². The van der Waals surface area contributed by atoms with Gasteiger partial charge in [-0.15, -0.1) is 12.4 Å². The molecule has 1 N–H and O–H groups in total. The smallest absolute Gasteiger partial charge is 0.269 e. The van der Waals surface area contributed by atoms with Crippen LogP contribution in [0.4, 0.5) is 5.69 Å². The van der Waals surface area contributed by atoms with E-state index in [9.17, 15) is 10.1 Å². The van der Waals surface area contributed by atoms with Crippen molar-refractivity contribution < 1.29 is 4.92 Å². The summed E-state index contributed by atoms with van der Waals surface area (Å²) in [6.07, 6.45) is 7.61. The van der Waals surface area contributed by atoms with Gasteiger partial charge in [-0.05, 0) is 61.6 Å². The van der Waals surface area contributed by atoms with Gasteiger partial charge < -0.3 is 9.98 Å². The minimum atomic E-state index is -0.356. The van der Waals surface area contributed by atoms with Gasteiger partial charge in [-0.25, -0.2) is 0 Å². The van der Waals surface area contributed by atoms with Crippen LogP contribution in [-0.2, 0) is 32.2 Å². The van der Waals surface area contributed by atoms with E-state index in [1.165, 1.54) is 35.4 Å². The van der Waals surface area contributed by atoms with Crippen LogP contribution in [0.25, 0.3) is 0 Å². The normalized spacial score (nSPS) is 15.2. The van der Waals surface area contributed by atoms with Crippen molar-refractivity contribution in [2.45, 2.75) is 51.5 Å². The first kappa shape index (κ1) is 17.7. The molecule has 4 rings (SSSR count). The summed E-state index contributed by atoms with van der Waals surface area (Å²) in [5, 5.41) is 20.2. The van der Waals surface area contributed by atoms with Gasteiger partial charge in [-0.2, -0.15) is 0 Å². The van der Waals surface area contributed by atoms with Crippen LogP contribution in [0.5, 0.6) is 0 Å². The molecule has 0 saturated heterocycles. The van der Waals surface area contributed by atoms with Crippen molar-refractivity contribution in [1.29, 1.82) is 5.41 Å². The van der Waals surface area contributed by atoms with Gasteiger partial charge in [0.05, 0.1) is 10.3 Å². The van der Waals surface area contributed by atoms with E-state index in [2.05, 4.69) is 4.57 Å². The average Bonchev–Trinajstić information content (AvgIpc) is 3.09. The van der Waals surface area contributed by atoms with Crippen LogP contribution < -0.4 is 5.36 Å². The van der Waals surface area contributed by atoms with E-state index in [1.54, 1.807) is 12.1 Å². The third-order valence-corrected chi connectivity index (χ3v) is 5.37. The van der Waals surface area contributed by atoms with Crippen LogP contribution >= 0.6 is 12.4 Å². The van der Waals surface area contributed by atoms with E-state index in [0.29, 0.717) is 0 Å². The molecule has 0 saturated carbocycles. The summed E-state index contributed by atoms with van der Waals surface area (Å²) in [7, 11) is 0. The number of pyridine rings is 1. The number of aromatic nitrogens is 1. The summed E-state index contributed by atoms with van der Waals surface area (Å²) in [5.41, 5.74) is 6.34. The standard InChI is InChI=1S/C19H21N3O2.ClH/c20-19-15-4-1-2-6-17(15)21(18-7-3-5-16(18)19)12-13-8-10-14(11-9-13)22(23)24;/h8-11,20H,1-7,12H2;1H. The van der Waals surface area contributed by atoms with Gasteiger partial charge in [0.25, 0.3) is 5.69 Å². The van der Waals surface area contributed by atoms with Gasteiger partial charge in [0.2, 0.25) is 0 Å². The highest BCUT2D eigenvalue weighted by molar-refractivity contribution is 5.85. The molecular formula is C19H22ClN3O2. The Kier molecular flexibility index (Phi) is 4.95. The second kappa shape index (κ2) is 7.00. The predicted molar refractivity (Wildman–Crippen MR) is 98.4 cm³/mol. The summed E-state index contributed by atoms with van der Waals surface area (Å²) in [6, 6.07) is 6.88. The van der Waals surface area contributed by atoms with Crippen molar-refractivity contribution in [3.63, 3.8) is 0 Å². The Balaban J connectivity index is 0.00000182. The second-order valence-corrected chi connectivity index (χ2v) is 6.80. The molecule has 1 aromatic heterocycles. The maximum atomic E-state index is 10.8. The molecule has 6 heteroatoms. The van der Waals surface area contributed by atoms with E-state index >= 15 is 0 Å². The van der Waals surface area contributed by atoms with Crippen molar-refractivity contribution in [3.05, 3.63) is 67.8 Å². The number of nitrogens with one attached hydrogen (secondary N) is 1. The number of benzene rings is 1. The molecule has 0 unspecified atom stereocenters. The number of nitro groups is 1. The van der Waals surface area contributed by atoms with E-state index in [4.69, 9.17) is 5.41 Å². The molecule has 0 bridgehead atoms. The quantitative estimate of drug-likeness (QED) is 0.670.